The van der Waals surface area contributed by atoms with Gasteiger partial charge in [0, 0.05) is 30.1 Å². The van der Waals surface area contributed by atoms with Crippen LogP contribution < -0.4 is 15.4 Å². The average Bonchev–Trinajstić information content (AvgIpc) is 3.70. The van der Waals surface area contributed by atoms with E-state index >= 15 is 0 Å². The largest absolute Gasteiger partial charge is 0.487 e. The number of anilines is 1. The highest BCUT2D eigenvalue weighted by molar-refractivity contribution is 5.91. The summed E-state index contributed by atoms with van der Waals surface area (Å²) in [6.45, 7) is 0.248. The van der Waals surface area contributed by atoms with Crippen molar-refractivity contribution in [3.8, 4) is 16.9 Å². The van der Waals surface area contributed by atoms with E-state index in [0.29, 0.717) is 25.3 Å². The number of carbonyl (C=O) groups excluding carboxylic acids is 2. The SMILES string of the molecule is O=C(C[C@H]1C[C@H]2c3cc(NC(=O)CC4CC4)ccc3O[C@H]2[C@@H](CO)O1)NCc1ccc(-c2ccccc2)cc1. The second kappa shape index (κ2) is 11.2. The number of rotatable bonds is 9. The second-order valence-electron chi connectivity index (χ2n) is 10.9. The quantitative estimate of drug-likeness (QED) is 0.373. The maximum absolute atomic E-state index is 12.8. The molecule has 1 aliphatic carbocycles. The van der Waals surface area contributed by atoms with Gasteiger partial charge in [0.15, 0.2) is 0 Å². The van der Waals surface area contributed by atoms with Gasteiger partial charge in [-0.05, 0) is 60.1 Å². The Bertz CT molecular complexity index is 1320. The molecule has 4 atom stereocenters. The van der Waals surface area contributed by atoms with Crippen molar-refractivity contribution in [2.75, 3.05) is 11.9 Å². The summed E-state index contributed by atoms with van der Waals surface area (Å²) in [5.74, 6) is 1.19. The Morgan fingerprint density at radius 3 is 2.41 bits per heavy atom. The van der Waals surface area contributed by atoms with E-state index < -0.39 is 6.10 Å². The fourth-order valence-electron chi connectivity index (χ4n) is 5.69. The predicted molar refractivity (Wildman–Crippen MR) is 148 cm³/mol. The lowest BCUT2D eigenvalue weighted by Gasteiger charge is -2.37. The second-order valence-corrected chi connectivity index (χ2v) is 10.9. The standard InChI is InChI=1S/C32H34N2O5/c35-19-29-32-27(26-15-24(12-13-28(26)39-32)34-31(37)14-20-6-7-20)16-25(38-29)17-30(36)33-18-21-8-10-23(11-9-21)22-4-2-1-3-5-22/h1-5,8-13,15,20,25,27,29,32,35H,6-7,14,16-19H2,(H,33,36)(H,34,37)/t25-,27+,29-,32-/m1/s1. The Kier molecular flexibility index (Phi) is 7.35. The third kappa shape index (κ3) is 6.00. The van der Waals surface area contributed by atoms with Crippen molar-refractivity contribution in [2.24, 2.45) is 5.92 Å². The third-order valence-corrected chi connectivity index (χ3v) is 7.92. The van der Waals surface area contributed by atoms with Crippen LogP contribution in [0.4, 0.5) is 5.69 Å². The summed E-state index contributed by atoms with van der Waals surface area (Å²) < 4.78 is 12.3. The van der Waals surface area contributed by atoms with E-state index in [0.717, 1.165) is 46.5 Å². The highest BCUT2D eigenvalue weighted by Crippen LogP contribution is 2.47. The summed E-state index contributed by atoms with van der Waals surface area (Å²) in [4.78, 5) is 25.2. The molecule has 3 aromatic carbocycles. The van der Waals surface area contributed by atoms with Gasteiger partial charge in [-0.1, -0.05) is 54.6 Å². The smallest absolute Gasteiger partial charge is 0.224 e. The van der Waals surface area contributed by atoms with Gasteiger partial charge in [-0.15, -0.1) is 0 Å². The maximum Gasteiger partial charge on any atom is 0.224 e. The van der Waals surface area contributed by atoms with Gasteiger partial charge in [0.25, 0.3) is 0 Å². The Morgan fingerprint density at radius 1 is 0.897 bits per heavy atom. The molecule has 1 saturated carbocycles. The predicted octanol–water partition coefficient (Wildman–Crippen LogP) is 4.79. The lowest BCUT2D eigenvalue weighted by molar-refractivity contribution is -0.142. The first-order valence-corrected chi connectivity index (χ1v) is 13.8. The normalized spacial score (nSPS) is 23.3. The minimum absolute atomic E-state index is 0.0190. The monoisotopic (exact) mass is 526 g/mol. The third-order valence-electron chi connectivity index (χ3n) is 7.92. The molecule has 39 heavy (non-hydrogen) atoms. The minimum Gasteiger partial charge on any atom is -0.487 e. The van der Waals surface area contributed by atoms with Crippen LogP contribution >= 0.6 is 0 Å². The zero-order valence-electron chi connectivity index (χ0n) is 21.8. The Labute approximate surface area is 228 Å². The van der Waals surface area contributed by atoms with Crippen LogP contribution in [0, 0.1) is 5.92 Å². The molecule has 2 heterocycles. The molecule has 2 amide bonds. The number of aliphatic hydroxyl groups excluding tert-OH is 1. The molecule has 2 fully saturated rings. The van der Waals surface area contributed by atoms with Crippen molar-refractivity contribution in [1.29, 1.82) is 0 Å². The molecule has 6 rings (SSSR count). The van der Waals surface area contributed by atoms with Gasteiger partial charge in [0.2, 0.25) is 11.8 Å². The van der Waals surface area contributed by atoms with Gasteiger partial charge < -0.3 is 25.2 Å². The fourth-order valence-corrected chi connectivity index (χ4v) is 5.69. The number of amides is 2. The number of hydrogen-bond donors (Lipinski definition) is 3. The van der Waals surface area contributed by atoms with Gasteiger partial charge in [-0.2, -0.15) is 0 Å². The Hall–Kier alpha value is -3.68. The van der Waals surface area contributed by atoms with Gasteiger partial charge in [-0.25, -0.2) is 0 Å². The van der Waals surface area contributed by atoms with Crippen LogP contribution in [0.3, 0.4) is 0 Å². The number of fused-ring (bicyclic) bond motifs is 3. The van der Waals surface area contributed by atoms with Crippen molar-refractivity contribution in [2.45, 2.75) is 62.9 Å². The summed E-state index contributed by atoms with van der Waals surface area (Å²) in [6, 6.07) is 24.1. The average molecular weight is 527 g/mol. The molecule has 7 heteroatoms. The van der Waals surface area contributed by atoms with Gasteiger partial charge in [0.1, 0.15) is 18.0 Å². The molecule has 0 bridgehead atoms. The van der Waals surface area contributed by atoms with Gasteiger partial charge in [0.05, 0.1) is 19.1 Å². The molecule has 3 aromatic rings. The summed E-state index contributed by atoms with van der Waals surface area (Å²) in [5.41, 5.74) is 5.06. The first kappa shape index (κ1) is 25.6. The number of benzene rings is 3. The van der Waals surface area contributed by atoms with E-state index in [1.807, 2.05) is 48.5 Å². The molecular weight excluding hydrogens is 492 g/mol. The molecule has 7 nitrogen and oxygen atoms in total. The van der Waals surface area contributed by atoms with Crippen molar-refractivity contribution in [3.05, 3.63) is 83.9 Å². The van der Waals surface area contributed by atoms with E-state index in [1.165, 1.54) is 0 Å². The number of ether oxygens (including phenoxy) is 2. The Balaban J connectivity index is 1.06. The molecule has 0 unspecified atom stereocenters. The van der Waals surface area contributed by atoms with E-state index in [-0.39, 0.29) is 43.0 Å². The van der Waals surface area contributed by atoms with Crippen molar-refractivity contribution in [3.63, 3.8) is 0 Å². The highest BCUT2D eigenvalue weighted by atomic mass is 16.6. The van der Waals surface area contributed by atoms with Gasteiger partial charge in [-0.3, -0.25) is 9.59 Å². The number of hydrogen-bond acceptors (Lipinski definition) is 5. The maximum atomic E-state index is 12.8. The molecule has 1 saturated heterocycles. The first-order valence-electron chi connectivity index (χ1n) is 13.8. The summed E-state index contributed by atoms with van der Waals surface area (Å²) in [7, 11) is 0. The summed E-state index contributed by atoms with van der Waals surface area (Å²) >= 11 is 0. The van der Waals surface area contributed by atoms with Crippen molar-refractivity contribution in [1.82, 2.24) is 5.32 Å². The molecule has 3 aliphatic rings. The molecule has 0 radical (unpaired) electrons. The van der Waals surface area contributed by atoms with E-state index in [9.17, 15) is 14.7 Å². The van der Waals surface area contributed by atoms with Crippen LogP contribution in [0.2, 0.25) is 0 Å². The number of carbonyl (C=O) groups is 2. The summed E-state index contributed by atoms with van der Waals surface area (Å²) in [5, 5.41) is 16.0. The van der Waals surface area contributed by atoms with Crippen LogP contribution in [0.25, 0.3) is 11.1 Å². The number of aliphatic hydroxyl groups is 1. The molecule has 3 N–H and O–H groups in total. The minimum atomic E-state index is -0.521. The zero-order valence-corrected chi connectivity index (χ0v) is 21.8. The molecule has 202 valence electrons. The van der Waals surface area contributed by atoms with E-state index in [1.54, 1.807) is 0 Å². The molecule has 0 aromatic heterocycles. The molecule has 2 aliphatic heterocycles. The van der Waals surface area contributed by atoms with Crippen LogP contribution in [0.15, 0.2) is 72.8 Å². The Morgan fingerprint density at radius 2 is 1.67 bits per heavy atom. The van der Waals surface area contributed by atoms with Crippen molar-refractivity contribution >= 4 is 17.5 Å². The topological polar surface area (TPSA) is 96.9 Å². The van der Waals surface area contributed by atoms with Crippen LogP contribution in [-0.4, -0.2) is 41.8 Å². The lowest BCUT2D eigenvalue weighted by Crippen LogP contribution is -2.47. The lowest BCUT2D eigenvalue weighted by atomic mass is 9.84. The number of nitrogens with one attached hydrogen (secondary N) is 2. The van der Waals surface area contributed by atoms with Crippen molar-refractivity contribution < 1.29 is 24.2 Å². The van der Waals surface area contributed by atoms with Crippen LogP contribution in [0.1, 0.15) is 49.1 Å². The summed E-state index contributed by atoms with van der Waals surface area (Å²) in [6.07, 6.45) is 2.46. The van der Waals surface area contributed by atoms with Crippen LogP contribution in [-0.2, 0) is 20.9 Å². The zero-order chi connectivity index (χ0) is 26.8. The van der Waals surface area contributed by atoms with Crippen LogP contribution in [0.5, 0.6) is 5.75 Å². The van der Waals surface area contributed by atoms with E-state index in [2.05, 4.69) is 34.9 Å². The molecule has 0 spiro atoms. The fraction of sp³-hybridized carbons (Fsp3) is 0.375. The van der Waals surface area contributed by atoms with Gasteiger partial charge >= 0.3 is 0 Å². The first-order chi connectivity index (χ1) is 19.1. The van der Waals surface area contributed by atoms with E-state index in [4.69, 9.17) is 9.47 Å². The highest BCUT2D eigenvalue weighted by Gasteiger charge is 2.46. The molecular formula is C32H34N2O5.